The van der Waals surface area contributed by atoms with Gasteiger partial charge in [0.25, 0.3) is 5.09 Å². The van der Waals surface area contributed by atoms with Gasteiger partial charge in [-0.3, -0.25) is 0 Å². The van der Waals surface area contributed by atoms with Crippen LogP contribution in [0.2, 0.25) is 0 Å². The molecule has 2 fully saturated rings. The summed E-state index contributed by atoms with van der Waals surface area (Å²) < 4.78 is 11.0. The molecule has 31 heavy (non-hydrogen) atoms. The summed E-state index contributed by atoms with van der Waals surface area (Å²) in [4.78, 5) is 26.5. The van der Waals surface area contributed by atoms with E-state index in [-0.39, 0.29) is 19.3 Å². The summed E-state index contributed by atoms with van der Waals surface area (Å²) in [6.45, 7) is 6.37. The maximum absolute atomic E-state index is 12.0. The zero-order valence-corrected chi connectivity index (χ0v) is 18.7. The van der Waals surface area contributed by atoms with Crippen molar-refractivity contribution in [2.24, 2.45) is 17.8 Å². The maximum atomic E-state index is 12.0. The molecule has 172 valence electrons. The highest BCUT2D eigenvalue weighted by Crippen LogP contribution is 2.48. The number of carbonyl (C=O) groups is 1. The van der Waals surface area contributed by atoms with Gasteiger partial charge in [-0.1, -0.05) is 12.1 Å². The first-order valence-electron chi connectivity index (χ1n) is 11.1. The lowest BCUT2D eigenvalue weighted by atomic mass is 9.63. The van der Waals surface area contributed by atoms with E-state index in [1.54, 1.807) is 0 Å². The van der Waals surface area contributed by atoms with E-state index in [2.05, 4.69) is 22.3 Å². The quantitative estimate of drug-likeness (QED) is 0.361. The highest BCUT2D eigenvalue weighted by atomic mass is 17.0. The molecule has 0 aliphatic heterocycles. The van der Waals surface area contributed by atoms with E-state index >= 15 is 0 Å². The third-order valence-electron chi connectivity index (χ3n) is 6.05. The molecule has 2 saturated carbocycles. The Morgan fingerprint density at radius 3 is 2.48 bits per heavy atom. The first kappa shape index (κ1) is 23.2. The fourth-order valence-electron chi connectivity index (χ4n) is 5.10. The minimum atomic E-state index is -0.809. The number of hydrogen-bond donors (Lipinski definition) is 1. The fraction of sp³-hybridized carbons (Fsp3) is 0.696. The van der Waals surface area contributed by atoms with E-state index in [0.29, 0.717) is 30.2 Å². The third kappa shape index (κ3) is 7.60. The molecule has 2 atom stereocenters. The van der Waals surface area contributed by atoms with Crippen LogP contribution in [0.25, 0.3) is 0 Å². The van der Waals surface area contributed by atoms with E-state index in [4.69, 9.17) is 9.47 Å². The second-order valence-corrected chi connectivity index (χ2v) is 9.83. The molecule has 8 heteroatoms. The van der Waals surface area contributed by atoms with Crippen LogP contribution in [-0.2, 0) is 9.57 Å². The molecular formula is C23H34N2O6. The zero-order valence-electron chi connectivity index (χ0n) is 18.7. The molecule has 2 unspecified atom stereocenters. The summed E-state index contributed by atoms with van der Waals surface area (Å²) in [5.41, 5.74) is 0.797. The molecular weight excluding hydrogens is 400 g/mol. The molecule has 1 aromatic rings. The summed E-state index contributed by atoms with van der Waals surface area (Å²) in [6.07, 6.45) is 5.50. The summed E-state index contributed by atoms with van der Waals surface area (Å²) in [7, 11) is 0. The molecule has 8 nitrogen and oxygen atoms in total. The Morgan fingerprint density at radius 1 is 1.13 bits per heavy atom. The second-order valence-electron chi connectivity index (χ2n) is 9.83. The second kappa shape index (κ2) is 10.2. The van der Waals surface area contributed by atoms with Crippen molar-refractivity contribution in [3.05, 3.63) is 39.9 Å². The van der Waals surface area contributed by atoms with Crippen LogP contribution in [0.3, 0.4) is 0 Å². The van der Waals surface area contributed by atoms with Gasteiger partial charge in [-0.25, -0.2) is 4.79 Å². The monoisotopic (exact) mass is 434 g/mol. The Labute approximate surface area is 183 Å². The number of ether oxygens (including phenoxy) is 2. The normalized spacial score (nSPS) is 25.4. The van der Waals surface area contributed by atoms with Crippen LogP contribution in [0.5, 0.6) is 5.75 Å². The van der Waals surface area contributed by atoms with Gasteiger partial charge in [-0.05, 0) is 94.2 Å². The summed E-state index contributed by atoms with van der Waals surface area (Å²) in [6, 6.07) is 8.06. The van der Waals surface area contributed by atoms with Crippen molar-refractivity contribution in [1.82, 2.24) is 5.32 Å². The molecule has 2 aliphatic rings. The number of alkyl carbamates (subject to hydrolysis) is 1. The van der Waals surface area contributed by atoms with Gasteiger partial charge in [0.2, 0.25) is 0 Å². The van der Waals surface area contributed by atoms with Crippen LogP contribution < -0.4 is 10.1 Å². The fourth-order valence-corrected chi connectivity index (χ4v) is 5.10. The van der Waals surface area contributed by atoms with Gasteiger partial charge in [0.05, 0.1) is 0 Å². The van der Waals surface area contributed by atoms with E-state index in [9.17, 15) is 14.9 Å². The molecule has 2 aliphatic carbocycles. The summed E-state index contributed by atoms with van der Waals surface area (Å²) in [5.74, 6) is 3.07. The largest absolute Gasteiger partial charge is 0.492 e. The number of fused-ring (bicyclic) bond motifs is 2. The van der Waals surface area contributed by atoms with Gasteiger partial charge in [-0.2, -0.15) is 0 Å². The number of nitrogens with one attached hydrogen (secondary N) is 1. The van der Waals surface area contributed by atoms with E-state index in [1.165, 1.54) is 12.0 Å². The Kier molecular flexibility index (Phi) is 7.62. The van der Waals surface area contributed by atoms with Crippen molar-refractivity contribution >= 4 is 6.09 Å². The van der Waals surface area contributed by atoms with Gasteiger partial charge >= 0.3 is 6.09 Å². The molecule has 1 aromatic carbocycles. The topological polar surface area (TPSA) is 99.9 Å². The number of carbonyl (C=O) groups excluding carboxylic acids is 1. The van der Waals surface area contributed by atoms with E-state index in [1.807, 2.05) is 32.9 Å². The molecule has 0 radical (unpaired) electrons. The minimum absolute atomic E-state index is 0.0798. The van der Waals surface area contributed by atoms with Gasteiger partial charge in [0.1, 0.15) is 24.6 Å². The zero-order chi connectivity index (χ0) is 22.4. The van der Waals surface area contributed by atoms with Gasteiger partial charge in [0.15, 0.2) is 0 Å². The third-order valence-corrected chi connectivity index (χ3v) is 6.05. The number of nitrogens with zero attached hydrogens (tertiary/aromatic N) is 1. The van der Waals surface area contributed by atoms with Crippen LogP contribution in [0.4, 0.5) is 4.79 Å². The van der Waals surface area contributed by atoms with Crippen LogP contribution in [0.1, 0.15) is 64.4 Å². The minimum Gasteiger partial charge on any atom is -0.492 e. The summed E-state index contributed by atoms with van der Waals surface area (Å²) in [5, 5.41) is 12.4. The Morgan fingerprint density at radius 2 is 1.84 bits per heavy atom. The highest BCUT2D eigenvalue weighted by molar-refractivity contribution is 5.67. The smallest absolute Gasteiger partial charge is 0.407 e. The predicted molar refractivity (Wildman–Crippen MR) is 115 cm³/mol. The van der Waals surface area contributed by atoms with Crippen LogP contribution in [0.15, 0.2) is 24.3 Å². The predicted octanol–water partition coefficient (Wildman–Crippen LogP) is 4.71. The van der Waals surface area contributed by atoms with Crippen LogP contribution in [0, 0.1) is 27.9 Å². The number of hydrogen-bond acceptors (Lipinski definition) is 6. The average molecular weight is 435 g/mol. The molecule has 1 N–H and O–H groups in total. The van der Waals surface area contributed by atoms with Crippen molar-refractivity contribution in [3.63, 3.8) is 0 Å². The first-order chi connectivity index (χ1) is 14.7. The molecule has 0 aromatic heterocycles. The van der Waals surface area contributed by atoms with E-state index in [0.717, 1.165) is 31.4 Å². The molecule has 3 rings (SSSR count). The molecule has 1 amide bonds. The van der Waals surface area contributed by atoms with Gasteiger partial charge < -0.3 is 19.6 Å². The molecule has 2 bridgehead atoms. The van der Waals surface area contributed by atoms with E-state index < -0.39 is 10.7 Å². The molecule has 0 saturated heterocycles. The number of amides is 1. The highest BCUT2D eigenvalue weighted by Gasteiger charge is 2.36. The number of rotatable bonds is 8. The average Bonchev–Trinajstić information content (AvgIpc) is 2.68. The van der Waals surface area contributed by atoms with Crippen molar-refractivity contribution in [2.75, 3.05) is 19.8 Å². The van der Waals surface area contributed by atoms with Gasteiger partial charge in [-0.15, -0.1) is 10.1 Å². The SMILES string of the molecule is CC(C)(C)OC(=O)NCC1CC2CC(C1)CC(c1cccc(OCCO[N+](=O)[O-])c1)C2. The Hall–Kier alpha value is -2.51. The van der Waals surface area contributed by atoms with Crippen LogP contribution >= 0.6 is 0 Å². The van der Waals surface area contributed by atoms with Gasteiger partial charge in [0, 0.05) is 6.54 Å². The Bertz CT molecular complexity index is 749. The lowest BCUT2D eigenvalue weighted by Crippen LogP contribution is -2.39. The lowest BCUT2D eigenvalue weighted by molar-refractivity contribution is -0.757. The standard InChI is InChI=1S/C23H34N2O6/c1-23(2,3)31-22(26)24-15-18-10-16-9-17(11-18)13-20(12-16)19-5-4-6-21(14-19)29-7-8-30-25(27)28/h4-6,14,16-18,20H,7-13,15H2,1-3H3,(H,24,26). The Balaban J connectivity index is 1.48. The molecule has 0 heterocycles. The van der Waals surface area contributed by atoms with Crippen molar-refractivity contribution < 1.29 is 24.2 Å². The van der Waals surface area contributed by atoms with Crippen molar-refractivity contribution in [3.8, 4) is 5.75 Å². The van der Waals surface area contributed by atoms with Crippen LogP contribution in [-0.4, -0.2) is 36.5 Å². The van der Waals surface area contributed by atoms with Crippen molar-refractivity contribution in [1.29, 1.82) is 0 Å². The first-order valence-corrected chi connectivity index (χ1v) is 11.1. The molecule has 0 spiro atoms. The lowest BCUT2D eigenvalue weighted by Gasteiger charge is -2.43. The summed E-state index contributed by atoms with van der Waals surface area (Å²) >= 11 is 0. The number of benzene rings is 1. The maximum Gasteiger partial charge on any atom is 0.407 e. The van der Waals surface area contributed by atoms with Crippen molar-refractivity contribution in [2.45, 2.75) is 64.4 Å².